The van der Waals surface area contributed by atoms with Gasteiger partial charge in [-0.25, -0.2) is 0 Å². The van der Waals surface area contributed by atoms with Crippen molar-refractivity contribution in [3.8, 4) is 11.5 Å². The number of carbonyl (C=O) groups excluding carboxylic acids is 1. The smallest absolute Gasteiger partial charge is 0.166 e. The fourth-order valence-electron chi connectivity index (χ4n) is 8.84. The number of aromatic hydroxyl groups is 2. The van der Waals surface area contributed by atoms with Gasteiger partial charge in [-0.3, -0.25) is 4.79 Å². The van der Waals surface area contributed by atoms with Gasteiger partial charge in [0.2, 0.25) is 0 Å². The van der Waals surface area contributed by atoms with Crippen LogP contribution in [0.2, 0.25) is 0 Å². The van der Waals surface area contributed by atoms with Crippen molar-refractivity contribution in [1.82, 2.24) is 0 Å². The number of hydrogen-bond donors (Lipinski definition) is 2. The van der Waals surface area contributed by atoms with Gasteiger partial charge in [-0.1, -0.05) is 173 Å². The molecule has 0 amide bonds. The average Bonchev–Trinajstić information content (AvgIpc) is 3.23. The van der Waals surface area contributed by atoms with Gasteiger partial charge in [-0.05, 0) is 65.8 Å². The van der Waals surface area contributed by atoms with E-state index in [-0.39, 0.29) is 17.3 Å². The van der Waals surface area contributed by atoms with Crippen LogP contribution in [-0.2, 0) is 0 Å². The van der Waals surface area contributed by atoms with E-state index >= 15 is 0 Å². The maximum Gasteiger partial charge on any atom is 0.166 e. The Kier molecular flexibility index (Phi) is 13.5. The van der Waals surface area contributed by atoms with Gasteiger partial charge >= 0.3 is 0 Å². The minimum absolute atomic E-state index is 0.0269. The summed E-state index contributed by atoms with van der Waals surface area (Å²) in [5, 5.41) is 32.0. The SMILES string of the molecule is O=C(CCCCCCCCCCCCCCC[P+](c1cccc2ccccc12)(c1cccc2ccccc12)c1cccc2ccccc12)c1ccc(O)cc1O. The van der Waals surface area contributed by atoms with Crippen LogP contribution in [0.25, 0.3) is 32.3 Å². The first kappa shape index (κ1) is 39.3. The van der Waals surface area contributed by atoms with Crippen LogP contribution in [0.4, 0.5) is 0 Å². The van der Waals surface area contributed by atoms with Gasteiger partial charge in [0.05, 0.1) is 11.7 Å². The summed E-state index contributed by atoms with van der Waals surface area (Å²) in [6, 6.07) is 52.3. The molecular formula is C52H56O3P+. The standard InChI is InChI=1S/C52H55O3P/c53-43-36-37-47(49(55)39-43)48(54)32-12-10-8-6-4-2-1-3-5-7-9-11-19-38-56(50-33-20-26-40-23-13-16-29-44(40)50,51-34-21-27-41-24-14-17-30-45(41)51)52-35-22-28-42-25-15-18-31-46(42)52/h13-18,20-31,33-37,39H,1-12,19,32,38H2,(H-,53,54,55)/p+1. The van der Waals surface area contributed by atoms with Gasteiger partial charge in [0.25, 0.3) is 0 Å². The van der Waals surface area contributed by atoms with Crippen molar-refractivity contribution in [1.29, 1.82) is 0 Å². The maximum atomic E-state index is 12.4. The topological polar surface area (TPSA) is 57.5 Å². The van der Waals surface area contributed by atoms with E-state index in [4.69, 9.17) is 0 Å². The third-order valence-electron chi connectivity index (χ3n) is 11.7. The molecule has 7 aromatic carbocycles. The first-order valence-corrected chi connectivity index (χ1v) is 22.9. The number of hydrogen-bond acceptors (Lipinski definition) is 3. The van der Waals surface area contributed by atoms with Gasteiger partial charge in [0.15, 0.2) is 5.78 Å². The molecule has 0 radical (unpaired) electrons. The zero-order valence-electron chi connectivity index (χ0n) is 32.7. The molecule has 7 aromatic rings. The Morgan fingerprint density at radius 1 is 0.411 bits per heavy atom. The number of rotatable bonds is 20. The van der Waals surface area contributed by atoms with E-state index in [9.17, 15) is 15.0 Å². The second-order valence-corrected chi connectivity index (χ2v) is 19.0. The normalized spacial score (nSPS) is 11.8. The Hall–Kier alpha value is -4.98. The Bertz CT molecular complexity index is 2170. The lowest BCUT2D eigenvalue weighted by molar-refractivity contribution is 0.0976. The van der Waals surface area contributed by atoms with Crippen molar-refractivity contribution >= 4 is 61.3 Å². The molecule has 0 aliphatic carbocycles. The van der Waals surface area contributed by atoms with Crippen molar-refractivity contribution in [3.63, 3.8) is 0 Å². The molecule has 286 valence electrons. The molecule has 0 aliphatic rings. The summed E-state index contributed by atoms with van der Waals surface area (Å²) >= 11 is 0. The molecule has 0 aliphatic heterocycles. The van der Waals surface area contributed by atoms with Crippen LogP contribution < -0.4 is 15.9 Å². The molecule has 0 unspecified atom stereocenters. The number of phenols is 2. The highest BCUT2D eigenvalue weighted by atomic mass is 31.2. The highest BCUT2D eigenvalue weighted by Gasteiger charge is 2.48. The van der Waals surface area contributed by atoms with E-state index in [1.54, 1.807) is 0 Å². The number of fused-ring (bicyclic) bond motifs is 3. The summed E-state index contributed by atoms with van der Waals surface area (Å²) in [6.45, 7) is 0. The Balaban J connectivity index is 0.964. The molecule has 3 nitrogen and oxygen atoms in total. The lowest BCUT2D eigenvalue weighted by Gasteiger charge is -2.31. The summed E-state index contributed by atoms with van der Waals surface area (Å²) in [5.74, 6) is -0.215. The first-order chi connectivity index (χ1) is 27.6. The molecule has 0 saturated carbocycles. The van der Waals surface area contributed by atoms with Crippen molar-refractivity contribution < 1.29 is 15.0 Å². The van der Waals surface area contributed by atoms with E-state index in [1.807, 2.05) is 0 Å². The summed E-state index contributed by atoms with van der Waals surface area (Å²) in [4.78, 5) is 12.4. The third-order valence-corrected chi connectivity index (χ3v) is 16.3. The zero-order chi connectivity index (χ0) is 38.6. The second-order valence-electron chi connectivity index (χ2n) is 15.5. The number of carbonyl (C=O) groups is 1. The molecule has 0 fully saturated rings. The second kappa shape index (κ2) is 19.2. The van der Waals surface area contributed by atoms with Crippen LogP contribution in [0.5, 0.6) is 11.5 Å². The Morgan fingerprint density at radius 2 is 0.786 bits per heavy atom. The molecule has 4 heteroatoms. The predicted molar refractivity (Wildman–Crippen MR) is 241 cm³/mol. The van der Waals surface area contributed by atoms with E-state index in [1.165, 1.54) is 131 Å². The van der Waals surface area contributed by atoms with Gasteiger partial charge in [0, 0.05) is 28.6 Å². The molecule has 0 spiro atoms. The van der Waals surface area contributed by atoms with Crippen molar-refractivity contribution in [3.05, 3.63) is 151 Å². The number of phenolic OH excluding ortho intramolecular Hbond substituents is 2. The van der Waals surface area contributed by atoms with E-state index in [0.717, 1.165) is 25.4 Å². The van der Waals surface area contributed by atoms with Crippen LogP contribution in [-0.4, -0.2) is 22.2 Å². The average molecular weight is 760 g/mol. The highest BCUT2D eigenvalue weighted by molar-refractivity contribution is 7.96. The molecule has 0 bridgehead atoms. The Labute approximate surface area is 333 Å². The molecule has 7 rings (SSSR count). The predicted octanol–water partition coefficient (Wildman–Crippen LogP) is 13.2. The Morgan fingerprint density at radius 3 is 1.21 bits per heavy atom. The molecule has 0 saturated heterocycles. The van der Waals surface area contributed by atoms with Gasteiger partial charge in [-0.15, -0.1) is 0 Å². The number of Topliss-reactive ketones (excluding diaryl/α,β-unsaturated/α-hetero) is 1. The van der Waals surface area contributed by atoms with Crippen molar-refractivity contribution in [2.24, 2.45) is 0 Å². The summed E-state index contributed by atoms with van der Waals surface area (Å²) in [7, 11) is -2.13. The highest BCUT2D eigenvalue weighted by Crippen LogP contribution is 2.59. The van der Waals surface area contributed by atoms with Crippen LogP contribution in [0, 0.1) is 0 Å². The molecule has 56 heavy (non-hydrogen) atoms. The van der Waals surface area contributed by atoms with Crippen molar-refractivity contribution in [2.75, 3.05) is 6.16 Å². The quantitative estimate of drug-likeness (QED) is 0.0462. The maximum absolute atomic E-state index is 12.4. The fraction of sp³-hybridized carbons (Fsp3) is 0.288. The zero-order valence-corrected chi connectivity index (χ0v) is 33.6. The monoisotopic (exact) mass is 759 g/mol. The minimum Gasteiger partial charge on any atom is -0.508 e. The van der Waals surface area contributed by atoms with Gasteiger partial charge in [0.1, 0.15) is 34.7 Å². The molecule has 2 N–H and O–H groups in total. The fourth-order valence-corrected chi connectivity index (χ4v) is 13.9. The lowest BCUT2D eigenvalue weighted by atomic mass is 10.0. The molecule has 0 aromatic heterocycles. The van der Waals surface area contributed by atoms with E-state index in [0.29, 0.717) is 12.0 Å². The van der Waals surface area contributed by atoms with E-state index < -0.39 is 7.26 Å². The summed E-state index contributed by atoms with van der Waals surface area (Å²) in [5.41, 5.74) is 0.306. The van der Waals surface area contributed by atoms with Crippen LogP contribution in [0.15, 0.2) is 146 Å². The summed E-state index contributed by atoms with van der Waals surface area (Å²) < 4.78 is 0. The van der Waals surface area contributed by atoms with Gasteiger partial charge < -0.3 is 10.2 Å². The molecule has 0 atom stereocenters. The minimum atomic E-state index is -2.13. The number of benzene rings is 7. The van der Waals surface area contributed by atoms with Crippen LogP contribution in [0.1, 0.15) is 100 Å². The first-order valence-electron chi connectivity index (χ1n) is 20.9. The summed E-state index contributed by atoms with van der Waals surface area (Å²) in [6.07, 6.45) is 17.3. The third kappa shape index (κ3) is 9.01. The largest absolute Gasteiger partial charge is 0.508 e. The molecule has 0 heterocycles. The van der Waals surface area contributed by atoms with Crippen molar-refractivity contribution in [2.45, 2.75) is 89.9 Å². The number of ketones is 1. The molecular weight excluding hydrogens is 704 g/mol. The lowest BCUT2D eigenvalue weighted by Crippen LogP contribution is -2.35. The number of unbranched alkanes of at least 4 members (excludes halogenated alkanes) is 12. The van der Waals surface area contributed by atoms with Gasteiger partial charge in [-0.2, -0.15) is 0 Å². The van der Waals surface area contributed by atoms with Crippen LogP contribution >= 0.6 is 7.26 Å². The van der Waals surface area contributed by atoms with Crippen LogP contribution in [0.3, 0.4) is 0 Å². The van der Waals surface area contributed by atoms with E-state index in [2.05, 4.69) is 127 Å².